The summed E-state index contributed by atoms with van der Waals surface area (Å²) in [4.78, 5) is 14.8. The third-order valence-corrected chi connectivity index (χ3v) is 5.27. The molecule has 0 aliphatic carbocycles. The van der Waals surface area contributed by atoms with E-state index in [0.717, 1.165) is 43.1 Å². The number of carbonyl (C=O) groups excluding carboxylic acids is 1. The monoisotopic (exact) mass is 376 g/mol. The van der Waals surface area contributed by atoms with Crippen molar-refractivity contribution in [3.8, 4) is 0 Å². The van der Waals surface area contributed by atoms with Gasteiger partial charge in [-0.05, 0) is 55.3 Å². The first-order chi connectivity index (χ1) is 12.1. The van der Waals surface area contributed by atoms with Crippen molar-refractivity contribution in [2.24, 2.45) is 5.92 Å². The predicted octanol–water partition coefficient (Wildman–Crippen LogP) is 4.52. The number of likely N-dealkylation sites (tertiary alicyclic amines) is 1. The van der Waals surface area contributed by atoms with Crippen LogP contribution in [0.25, 0.3) is 0 Å². The maximum Gasteiger partial charge on any atom is 0.223 e. The lowest BCUT2D eigenvalue weighted by molar-refractivity contribution is -0.126. The number of halogens is 2. The molecule has 1 amide bonds. The summed E-state index contributed by atoms with van der Waals surface area (Å²) in [6.45, 7) is 3.23. The quantitative estimate of drug-likeness (QED) is 0.831. The van der Waals surface area contributed by atoms with Gasteiger partial charge >= 0.3 is 0 Å². The van der Waals surface area contributed by atoms with Crippen LogP contribution in [0.3, 0.4) is 0 Å². The zero-order valence-corrected chi connectivity index (χ0v) is 15.6. The summed E-state index contributed by atoms with van der Waals surface area (Å²) in [5, 5.41) is 4.49. The Hall–Kier alpha value is -1.55. The summed E-state index contributed by atoms with van der Waals surface area (Å²) in [5.41, 5.74) is 2.17. The molecule has 0 spiro atoms. The molecule has 0 saturated carbocycles. The van der Waals surface area contributed by atoms with Gasteiger partial charge in [0, 0.05) is 29.1 Å². The highest BCUT2D eigenvalue weighted by atomic mass is 35.5. The molecule has 1 heterocycles. The van der Waals surface area contributed by atoms with Crippen molar-refractivity contribution >= 4 is 29.1 Å². The fourth-order valence-corrected chi connectivity index (χ4v) is 3.63. The number of rotatable bonds is 5. The molecule has 2 aromatic carbocycles. The van der Waals surface area contributed by atoms with E-state index in [1.807, 2.05) is 42.5 Å². The topological polar surface area (TPSA) is 32.3 Å². The van der Waals surface area contributed by atoms with Gasteiger partial charge in [-0.3, -0.25) is 9.69 Å². The molecule has 0 radical (unpaired) electrons. The average molecular weight is 377 g/mol. The van der Waals surface area contributed by atoms with E-state index in [2.05, 4.69) is 16.3 Å². The van der Waals surface area contributed by atoms with Crippen LogP contribution in [0.4, 0.5) is 0 Å². The number of piperidine rings is 1. The molecule has 1 saturated heterocycles. The van der Waals surface area contributed by atoms with Crippen molar-refractivity contribution in [3.05, 3.63) is 69.7 Å². The Bertz CT molecular complexity index is 727. The van der Waals surface area contributed by atoms with Gasteiger partial charge < -0.3 is 5.32 Å². The SMILES string of the molecule is O=C(NCc1ccccc1Cl)C1CCN(Cc2cccc(Cl)c2)CC1. The van der Waals surface area contributed by atoms with E-state index in [1.54, 1.807) is 0 Å². The molecule has 132 valence electrons. The number of carbonyl (C=O) groups is 1. The van der Waals surface area contributed by atoms with Gasteiger partial charge in [0.2, 0.25) is 5.91 Å². The van der Waals surface area contributed by atoms with Crippen molar-refractivity contribution < 1.29 is 4.79 Å². The minimum Gasteiger partial charge on any atom is -0.352 e. The van der Waals surface area contributed by atoms with E-state index in [0.29, 0.717) is 11.6 Å². The molecule has 1 N–H and O–H groups in total. The summed E-state index contributed by atoms with van der Waals surface area (Å²) in [7, 11) is 0. The third-order valence-electron chi connectivity index (χ3n) is 4.66. The molecule has 1 aliphatic heterocycles. The average Bonchev–Trinajstić information content (AvgIpc) is 2.61. The Morgan fingerprint density at radius 2 is 1.84 bits per heavy atom. The zero-order valence-electron chi connectivity index (χ0n) is 14.1. The molecular formula is C20H22Cl2N2O. The highest BCUT2D eigenvalue weighted by Gasteiger charge is 2.24. The second-order valence-corrected chi connectivity index (χ2v) is 7.33. The van der Waals surface area contributed by atoms with Gasteiger partial charge in [-0.2, -0.15) is 0 Å². The summed E-state index contributed by atoms with van der Waals surface area (Å²) in [6.07, 6.45) is 1.77. The number of hydrogen-bond donors (Lipinski definition) is 1. The normalized spacial score (nSPS) is 15.9. The van der Waals surface area contributed by atoms with Crippen LogP contribution in [-0.4, -0.2) is 23.9 Å². The molecule has 3 rings (SSSR count). The largest absolute Gasteiger partial charge is 0.352 e. The zero-order chi connectivity index (χ0) is 17.6. The van der Waals surface area contributed by atoms with E-state index in [4.69, 9.17) is 23.2 Å². The number of hydrogen-bond acceptors (Lipinski definition) is 2. The summed E-state index contributed by atoms with van der Waals surface area (Å²) in [6, 6.07) is 15.6. The van der Waals surface area contributed by atoms with Crippen LogP contribution in [0.1, 0.15) is 24.0 Å². The summed E-state index contributed by atoms with van der Waals surface area (Å²) in [5.74, 6) is 0.209. The van der Waals surface area contributed by atoms with Crippen molar-refractivity contribution in [1.82, 2.24) is 10.2 Å². The fourth-order valence-electron chi connectivity index (χ4n) is 3.22. The minimum atomic E-state index is 0.0816. The number of amides is 1. The van der Waals surface area contributed by atoms with Gasteiger partial charge in [-0.1, -0.05) is 53.5 Å². The second kappa shape index (κ2) is 8.70. The minimum absolute atomic E-state index is 0.0816. The molecule has 5 heteroatoms. The van der Waals surface area contributed by atoms with Gasteiger partial charge in [0.05, 0.1) is 0 Å². The van der Waals surface area contributed by atoms with Crippen LogP contribution in [0, 0.1) is 5.92 Å². The van der Waals surface area contributed by atoms with Crippen LogP contribution in [0.2, 0.25) is 10.0 Å². The number of benzene rings is 2. The Kier molecular flexibility index (Phi) is 6.35. The molecule has 2 aromatic rings. The highest BCUT2D eigenvalue weighted by Crippen LogP contribution is 2.21. The van der Waals surface area contributed by atoms with E-state index < -0.39 is 0 Å². The lowest BCUT2D eigenvalue weighted by atomic mass is 9.95. The van der Waals surface area contributed by atoms with Gasteiger partial charge in [-0.15, -0.1) is 0 Å². The Balaban J connectivity index is 1.45. The van der Waals surface area contributed by atoms with Crippen molar-refractivity contribution in [3.63, 3.8) is 0 Å². The Morgan fingerprint density at radius 1 is 1.08 bits per heavy atom. The van der Waals surface area contributed by atoms with Crippen LogP contribution < -0.4 is 5.32 Å². The fraction of sp³-hybridized carbons (Fsp3) is 0.350. The van der Waals surface area contributed by atoms with Crippen LogP contribution in [-0.2, 0) is 17.9 Å². The van der Waals surface area contributed by atoms with Crippen molar-refractivity contribution in [2.75, 3.05) is 13.1 Å². The Morgan fingerprint density at radius 3 is 2.56 bits per heavy atom. The maximum absolute atomic E-state index is 12.4. The lowest BCUT2D eigenvalue weighted by Crippen LogP contribution is -2.40. The smallest absolute Gasteiger partial charge is 0.223 e. The molecule has 0 atom stereocenters. The molecule has 0 unspecified atom stereocenters. The lowest BCUT2D eigenvalue weighted by Gasteiger charge is -2.31. The highest BCUT2D eigenvalue weighted by molar-refractivity contribution is 6.31. The standard InChI is InChI=1S/C20H22Cl2N2O/c21-18-6-3-4-15(12-18)14-24-10-8-16(9-11-24)20(25)23-13-17-5-1-2-7-19(17)22/h1-7,12,16H,8-11,13-14H2,(H,23,25). The Labute approximate surface area is 158 Å². The van der Waals surface area contributed by atoms with E-state index in [9.17, 15) is 4.79 Å². The first-order valence-corrected chi connectivity index (χ1v) is 9.35. The van der Waals surface area contributed by atoms with Crippen LogP contribution in [0.5, 0.6) is 0 Å². The second-order valence-electron chi connectivity index (χ2n) is 6.49. The predicted molar refractivity (Wildman–Crippen MR) is 103 cm³/mol. The molecular weight excluding hydrogens is 355 g/mol. The van der Waals surface area contributed by atoms with Gasteiger partial charge in [0.15, 0.2) is 0 Å². The van der Waals surface area contributed by atoms with E-state index >= 15 is 0 Å². The van der Waals surface area contributed by atoms with Crippen molar-refractivity contribution in [1.29, 1.82) is 0 Å². The third kappa shape index (κ3) is 5.21. The molecule has 1 fully saturated rings. The first-order valence-electron chi connectivity index (χ1n) is 8.60. The van der Waals surface area contributed by atoms with Gasteiger partial charge in [0.1, 0.15) is 0 Å². The van der Waals surface area contributed by atoms with Crippen LogP contribution >= 0.6 is 23.2 Å². The first kappa shape index (κ1) is 18.2. The van der Waals surface area contributed by atoms with Crippen molar-refractivity contribution in [2.45, 2.75) is 25.9 Å². The summed E-state index contributed by atoms with van der Waals surface area (Å²) < 4.78 is 0. The number of nitrogens with one attached hydrogen (secondary N) is 1. The molecule has 3 nitrogen and oxygen atoms in total. The maximum atomic E-state index is 12.4. The number of nitrogens with zero attached hydrogens (tertiary/aromatic N) is 1. The molecule has 0 aromatic heterocycles. The molecule has 0 bridgehead atoms. The van der Waals surface area contributed by atoms with E-state index in [-0.39, 0.29) is 11.8 Å². The summed E-state index contributed by atoms with van der Waals surface area (Å²) >= 11 is 12.2. The van der Waals surface area contributed by atoms with E-state index in [1.165, 1.54) is 5.56 Å². The van der Waals surface area contributed by atoms with Gasteiger partial charge in [0.25, 0.3) is 0 Å². The van der Waals surface area contributed by atoms with Gasteiger partial charge in [-0.25, -0.2) is 0 Å². The molecule has 25 heavy (non-hydrogen) atoms. The molecule has 1 aliphatic rings. The van der Waals surface area contributed by atoms with Crippen LogP contribution in [0.15, 0.2) is 48.5 Å².